The Morgan fingerprint density at radius 1 is 0.967 bits per heavy atom. The summed E-state index contributed by atoms with van der Waals surface area (Å²) in [5.74, 6) is 1.05. The zero-order chi connectivity index (χ0) is 21.8. The van der Waals surface area contributed by atoms with E-state index >= 15 is 0 Å². The summed E-state index contributed by atoms with van der Waals surface area (Å²) in [7, 11) is 3.10. The third-order valence-corrected chi connectivity index (χ3v) is 3.93. The summed E-state index contributed by atoms with van der Waals surface area (Å²) in [6, 6.07) is 14.8. The number of hydrogen-bond donors (Lipinski definition) is 0. The number of carbonyl (C=O) groups is 1. The van der Waals surface area contributed by atoms with Gasteiger partial charge < -0.3 is 23.8 Å². The first-order valence-electron chi connectivity index (χ1n) is 9.60. The van der Waals surface area contributed by atoms with Gasteiger partial charge in [0.1, 0.15) is 30.9 Å². The SMILES string of the molecule is CCOC(=O)C(=Cc1ccc(OCC(=NOC)c2cccc(OC)c2)cc1)OCC. The Balaban J connectivity index is 2.09. The molecule has 2 aromatic rings. The lowest BCUT2D eigenvalue weighted by Crippen LogP contribution is -2.13. The van der Waals surface area contributed by atoms with Gasteiger partial charge in [-0.1, -0.05) is 29.4 Å². The van der Waals surface area contributed by atoms with E-state index in [2.05, 4.69) is 5.16 Å². The van der Waals surface area contributed by atoms with E-state index in [4.69, 9.17) is 23.8 Å². The Morgan fingerprint density at radius 3 is 2.33 bits per heavy atom. The van der Waals surface area contributed by atoms with Crippen LogP contribution in [0.5, 0.6) is 11.5 Å². The Hall–Kier alpha value is -3.48. The van der Waals surface area contributed by atoms with E-state index in [9.17, 15) is 4.79 Å². The molecule has 0 N–H and O–H groups in total. The summed E-state index contributed by atoms with van der Waals surface area (Å²) in [5, 5.41) is 4.06. The molecule has 0 heterocycles. The maximum atomic E-state index is 11.9. The van der Waals surface area contributed by atoms with Crippen molar-refractivity contribution in [2.24, 2.45) is 5.16 Å². The van der Waals surface area contributed by atoms with Crippen LogP contribution in [0.3, 0.4) is 0 Å². The van der Waals surface area contributed by atoms with Gasteiger partial charge in [-0.3, -0.25) is 0 Å². The van der Waals surface area contributed by atoms with Crippen molar-refractivity contribution in [1.82, 2.24) is 0 Å². The normalized spacial score (nSPS) is 11.6. The number of oxime groups is 1. The summed E-state index contributed by atoms with van der Waals surface area (Å²) in [5.41, 5.74) is 2.25. The molecular weight excluding hydrogens is 386 g/mol. The molecule has 0 amide bonds. The highest BCUT2D eigenvalue weighted by molar-refractivity contribution is 6.01. The molecule has 0 aliphatic rings. The molecule has 2 aromatic carbocycles. The Labute approximate surface area is 176 Å². The van der Waals surface area contributed by atoms with E-state index in [0.29, 0.717) is 18.1 Å². The van der Waals surface area contributed by atoms with Gasteiger partial charge in [0.05, 0.1) is 20.3 Å². The van der Waals surface area contributed by atoms with Crippen molar-refractivity contribution in [2.45, 2.75) is 13.8 Å². The van der Waals surface area contributed by atoms with Gasteiger partial charge in [0, 0.05) is 5.56 Å². The monoisotopic (exact) mass is 413 g/mol. The number of hydrogen-bond acceptors (Lipinski definition) is 7. The molecule has 0 aliphatic carbocycles. The summed E-state index contributed by atoms with van der Waals surface area (Å²) < 4.78 is 21.5. The molecule has 2 rings (SSSR count). The van der Waals surface area contributed by atoms with Crippen LogP contribution in [0, 0.1) is 0 Å². The van der Waals surface area contributed by atoms with Crippen molar-refractivity contribution in [1.29, 1.82) is 0 Å². The number of carbonyl (C=O) groups excluding carboxylic acids is 1. The first-order chi connectivity index (χ1) is 14.6. The topological polar surface area (TPSA) is 75.6 Å². The van der Waals surface area contributed by atoms with Crippen molar-refractivity contribution in [2.75, 3.05) is 34.0 Å². The van der Waals surface area contributed by atoms with E-state index in [-0.39, 0.29) is 19.0 Å². The van der Waals surface area contributed by atoms with Crippen molar-refractivity contribution in [3.63, 3.8) is 0 Å². The van der Waals surface area contributed by atoms with Gasteiger partial charge in [-0.15, -0.1) is 0 Å². The molecule has 30 heavy (non-hydrogen) atoms. The fourth-order valence-corrected chi connectivity index (χ4v) is 2.56. The van der Waals surface area contributed by atoms with Crippen LogP contribution in [0.25, 0.3) is 6.08 Å². The number of benzene rings is 2. The van der Waals surface area contributed by atoms with Gasteiger partial charge in [0.25, 0.3) is 0 Å². The molecule has 160 valence electrons. The van der Waals surface area contributed by atoms with Crippen LogP contribution < -0.4 is 9.47 Å². The van der Waals surface area contributed by atoms with Crippen LogP contribution >= 0.6 is 0 Å². The third-order valence-electron chi connectivity index (χ3n) is 3.93. The lowest BCUT2D eigenvalue weighted by molar-refractivity contribution is -0.142. The Bertz CT molecular complexity index is 874. The first-order valence-corrected chi connectivity index (χ1v) is 9.60. The van der Waals surface area contributed by atoms with Gasteiger partial charge in [0.2, 0.25) is 5.76 Å². The van der Waals surface area contributed by atoms with Crippen LogP contribution in [0.1, 0.15) is 25.0 Å². The van der Waals surface area contributed by atoms with Crippen LogP contribution in [0.4, 0.5) is 0 Å². The minimum atomic E-state index is -0.488. The molecule has 0 spiro atoms. The highest BCUT2D eigenvalue weighted by Crippen LogP contribution is 2.18. The molecule has 7 nitrogen and oxygen atoms in total. The predicted molar refractivity (Wildman–Crippen MR) is 115 cm³/mol. The molecule has 0 bridgehead atoms. The Kier molecular flexibility index (Phi) is 9.24. The minimum Gasteiger partial charge on any atom is -0.497 e. The second-order valence-electron chi connectivity index (χ2n) is 5.97. The van der Waals surface area contributed by atoms with Crippen molar-refractivity contribution in [3.8, 4) is 11.5 Å². The van der Waals surface area contributed by atoms with E-state index in [1.165, 1.54) is 7.11 Å². The zero-order valence-electron chi connectivity index (χ0n) is 17.7. The van der Waals surface area contributed by atoms with Crippen LogP contribution in [0.15, 0.2) is 59.4 Å². The Morgan fingerprint density at radius 2 is 1.70 bits per heavy atom. The van der Waals surface area contributed by atoms with Crippen molar-refractivity contribution in [3.05, 3.63) is 65.4 Å². The van der Waals surface area contributed by atoms with E-state index < -0.39 is 5.97 Å². The van der Waals surface area contributed by atoms with Gasteiger partial charge in [-0.2, -0.15) is 0 Å². The van der Waals surface area contributed by atoms with Gasteiger partial charge >= 0.3 is 5.97 Å². The van der Waals surface area contributed by atoms with Crippen molar-refractivity contribution >= 4 is 17.8 Å². The second-order valence-corrected chi connectivity index (χ2v) is 5.97. The van der Waals surface area contributed by atoms with E-state index in [1.54, 1.807) is 32.2 Å². The standard InChI is InChI=1S/C23H27NO6/c1-5-28-22(23(25)29-6-2)14-17-10-12-19(13-11-17)30-16-21(24-27-4)18-8-7-9-20(15-18)26-3/h7-15H,5-6,16H2,1-4H3. The number of nitrogens with zero attached hydrogens (tertiary/aromatic N) is 1. The van der Waals surface area contributed by atoms with E-state index in [1.807, 2.05) is 43.3 Å². The average molecular weight is 413 g/mol. The average Bonchev–Trinajstić information content (AvgIpc) is 2.77. The predicted octanol–water partition coefficient (Wildman–Crippen LogP) is 4.07. The number of ether oxygens (including phenoxy) is 4. The highest BCUT2D eigenvalue weighted by atomic mass is 16.6. The fraction of sp³-hybridized carbons (Fsp3) is 0.304. The zero-order valence-corrected chi connectivity index (χ0v) is 17.7. The maximum absolute atomic E-state index is 11.9. The molecule has 0 atom stereocenters. The largest absolute Gasteiger partial charge is 0.497 e. The highest BCUT2D eigenvalue weighted by Gasteiger charge is 2.12. The smallest absolute Gasteiger partial charge is 0.373 e. The molecule has 0 aliphatic heterocycles. The maximum Gasteiger partial charge on any atom is 0.373 e. The lowest BCUT2D eigenvalue weighted by atomic mass is 10.1. The molecule has 0 aromatic heterocycles. The molecule has 0 unspecified atom stereocenters. The van der Waals surface area contributed by atoms with Crippen molar-refractivity contribution < 1.29 is 28.6 Å². The van der Waals surface area contributed by atoms with E-state index in [0.717, 1.165) is 16.9 Å². The molecule has 0 saturated carbocycles. The van der Waals surface area contributed by atoms with Gasteiger partial charge in [-0.25, -0.2) is 4.79 Å². The second kappa shape index (κ2) is 12.2. The van der Waals surface area contributed by atoms with Crippen LogP contribution in [-0.2, 0) is 19.1 Å². The minimum absolute atomic E-state index is 0.167. The summed E-state index contributed by atoms with van der Waals surface area (Å²) in [6.07, 6.45) is 1.64. The third kappa shape index (κ3) is 6.84. The van der Waals surface area contributed by atoms with Crippen LogP contribution in [0.2, 0.25) is 0 Å². The van der Waals surface area contributed by atoms with Crippen LogP contribution in [-0.4, -0.2) is 45.7 Å². The summed E-state index contributed by atoms with van der Waals surface area (Å²) >= 11 is 0. The molecule has 0 radical (unpaired) electrons. The molecule has 0 saturated heterocycles. The fourth-order valence-electron chi connectivity index (χ4n) is 2.56. The molecule has 7 heteroatoms. The molecule has 0 fully saturated rings. The van der Waals surface area contributed by atoms with Gasteiger partial charge in [0.15, 0.2) is 0 Å². The summed E-state index contributed by atoms with van der Waals surface area (Å²) in [4.78, 5) is 16.9. The van der Waals surface area contributed by atoms with Gasteiger partial charge in [-0.05, 0) is 49.8 Å². The lowest BCUT2D eigenvalue weighted by Gasteiger charge is -2.10. The number of methoxy groups -OCH3 is 1. The number of rotatable bonds is 11. The molecular formula is C23H27NO6. The number of esters is 1. The summed E-state index contributed by atoms with van der Waals surface area (Å²) in [6.45, 7) is 4.43. The quantitative estimate of drug-likeness (QED) is 0.182. The first kappa shape index (κ1) is 22.8.